The van der Waals surface area contributed by atoms with Gasteiger partial charge in [-0.15, -0.1) is 0 Å². The van der Waals surface area contributed by atoms with Crippen LogP contribution >= 0.6 is 47.0 Å². The molecule has 294 valence electrons. The second-order valence-electron chi connectivity index (χ2n) is 20.7. The van der Waals surface area contributed by atoms with Crippen LogP contribution in [0.15, 0.2) is 0 Å². The van der Waals surface area contributed by atoms with Crippen molar-refractivity contribution in [2.45, 2.75) is 119 Å². The van der Waals surface area contributed by atoms with Gasteiger partial charge in [-0.05, 0) is 165 Å². The van der Waals surface area contributed by atoms with E-state index in [1.54, 1.807) is 31.5 Å². The van der Waals surface area contributed by atoms with Gasteiger partial charge in [-0.25, -0.2) is 0 Å². The van der Waals surface area contributed by atoms with Crippen molar-refractivity contribution < 1.29 is 23.9 Å². The highest BCUT2D eigenvalue weighted by molar-refractivity contribution is 8.14. The molecule has 20 atom stereocenters. The van der Waals surface area contributed by atoms with Crippen LogP contribution in [0, 0.1) is 100 Å². The van der Waals surface area contributed by atoms with Gasteiger partial charge in [0.25, 0.3) is 0 Å². The summed E-state index contributed by atoms with van der Waals surface area (Å²) in [5.41, 5.74) is -0.387. The summed E-state index contributed by atoms with van der Waals surface area (Å²) in [7, 11) is 0. The largest absolute Gasteiger partial charge is 0.465 e. The van der Waals surface area contributed by atoms with E-state index in [4.69, 9.17) is 9.47 Å². The molecule has 0 amide bonds. The van der Waals surface area contributed by atoms with Crippen LogP contribution in [0.3, 0.4) is 0 Å². The number of hydrogen-bond donors (Lipinski definition) is 0. The normalized spacial score (nSPS) is 50.1. The van der Waals surface area contributed by atoms with Gasteiger partial charge in [0.1, 0.15) is 0 Å². The molecule has 10 aliphatic rings. The molecule has 8 bridgehead atoms. The first-order valence-corrected chi connectivity index (χ1v) is 26.1. The fraction of sp³-hybridized carbons (Fsp3) is 0.932. The Labute approximate surface area is 336 Å². The van der Waals surface area contributed by atoms with Crippen LogP contribution < -0.4 is 0 Å². The van der Waals surface area contributed by atoms with Gasteiger partial charge in [0.2, 0.25) is 0 Å². The molecule has 0 aliphatic heterocycles. The number of ether oxygens (including phenoxy) is 2. The molecule has 9 heteroatoms. The Hall–Kier alpha value is 0.01000. The third kappa shape index (κ3) is 6.45. The van der Waals surface area contributed by atoms with Crippen LogP contribution in [0.5, 0.6) is 0 Å². The maximum Gasteiger partial charge on any atom is 0.306 e. The summed E-state index contributed by atoms with van der Waals surface area (Å²) in [4.78, 5) is 37.4. The summed E-state index contributed by atoms with van der Waals surface area (Å²) in [5.74, 6) is 16.8. The van der Waals surface area contributed by atoms with Crippen LogP contribution in [-0.2, 0) is 23.9 Å². The average Bonchev–Trinajstić information content (AvgIpc) is 3.96. The zero-order chi connectivity index (χ0) is 36.3. The smallest absolute Gasteiger partial charge is 0.306 e. The van der Waals surface area contributed by atoms with Crippen molar-refractivity contribution in [3.63, 3.8) is 0 Å². The summed E-state index contributed by atoms with van der Waals surface area (Å²) < 4.78 is 11.5. The maximum atomic E-state index is 12.8. The first-order chi connectivity index (χ1) is 25.6. The summed E-state index contributed by atoms with van der Waals surface area (Å²) in [6.07, 6.45) is 17.5. The van der Waals surface area contributed by atoms with Crippen molar-refractivity contribution in [3.8, 4) is 0 Å². The molecule has 0 heterocycles. The molecule has 0 N–H and O–H groups in total. The van der Waals surface area contributed by atoms with Crippen LogP contribution in [0.4, 0.5) is 0 Å². The second kappa shape index (κ2) is 14.4. The molecule has 10 fully saturated rings. The van der Waals surface area contributed by atoms with E-state index in [1.165, 1.54) is 51.4 Å². The zero-order valence-corrected chi connectivity index (χ0v) is 35.8. The monoisotopic (exact) mass is 800 g/mol. The fourth-order valence-corrected chi connectivity index (χ4v) is 21.7. The molecule has 0 aromatic heterocycles. The number of rotatable bonds is 14. The lowest BCUT2D eigenvalue weighted by Crippen LogP contribution is -2.39. The van der Waals surface area contributed by atoms with E-state index in [9.17, 15) is 14.4 Å². The minimum absolute atomic E-state index is 0.109. The predicted octanol–water partition coefficient (Wildman–Crippen LogP) is 9.36. The minimum atomic E-state index is -0.387. The third-order valence-electron chi connectivity index (χ3n) is 17.8. The number of thioether (sulfide) groups is 4. The van der Waals surface area contributed by atoms with Crippen molar-refractivity contribution in [2.24, 2.45) is 100 Å². The minimum Gasteiger partial charge on any atom is -0.465 e. The summed E-state index contributed by atoms with van der Waals surface area (Å²) in [5, 5.41) is 3.25. The van der Waals surface area contributed by atoms with Gasteiger partial charge in [0.05, 0.1) is 26.1 Å². The number of hydrogen-bond acceptors (Lipinski definition) is 9. The van der Waals surface area contributed by atoms with Crippen molar-refractivity contribution in [1.29, 1.82) is 0 Å². The van der Waals surface area contributed by atoms with Gasteiger partial charge in [-0.1, -0.05) is 25.6 Å². The van der Waals surface area contributed by atoms with E-state index < -0.39 is 0 Å². The van der Waals surface area contributed by atoms with E-state index in [-0.39, 0.29) is 17.4 Å². The molecule has 10 rings (SSSR count). The van der Waals surface area contributed by atoms with Crippen molar-refractivity contribution >= 4 is 64.1 Å². The van der Waals surface area contributed by atoms with Crippen LogP contribution in [0.1, 0.15) is 97.8 Å². The van der Waals surface area contributed by atoms with E-state index in [1.807, 2.05) is 37.4 Å². The molecule has 0 aromatic carbocycles. The highest BCUT2D eigenvalue weighted by Gasteiger charge is 2.70. The average molecular weight is 801 g/mol. The van der Waals surface area contributed by atoms with Crippen molar-refractivity contribution in [1.82, 2.24) is 0 Å². The standard InChI is InChI=1S/C44H64O5S4/c1-21(45)53-25-15-28-29(16-25)33-18-31(28)41-23-10-35(43(33)41)37(12-23)52-8-6-39(47)49-20-44(2,3)19-48-38(46)5-7-51-24-13-26-27(14-24)32-17-30(26)40-22-9-34(42(32)40)36(11-22)50-4/h22-37,40-43H,5-20H2,1-4H3. The fourth-order valence-electron chi connectivity index (χ4n) is 16.7. The molecule has 0 radical (unpaired) electrons. The molecule has 0 aromatic rings. The van der Waals surface area contributed by atoms with E-state index in [0.717, 1.165) is 117 Å². The lowest BCUT2D eigenvalue weighted by atomic mass is 9.64. The number of carbonyl (C=O) groups excluding carboxylic acids is 3. The Morgan fingerprint density at radius 1 is 0.547 bits per heavy atom. The molecular formula is C44H64O5S4. The van der Waals surface area contributed by atoms with Gasteiger partial charge >= 0.3 is 11.9 Å². The summed E-state index contributed by atoms with van der Waals surface area (Å²) in [6.45, 7) is 6.39. The molecule has 5 nitrogen and oxygen atoms in total. The lowest BCUT2D eigenvalue weighted by molar-refractivity contribution is -0.152. The number of esters is 2. The predicted molar refractivity (Wildman–Crippen MR) is 219 cm³/mol. The molecule has 10 saturated carbocycles. The van der Waals surface area contributed by atoms with Gasteiger partial charge in [0, 0.05) is 44.8 Å². The van der Waals surface area contributed by atoms with Gasteiger partial charge in [-0.3, -0.25) is 14.4 Å². The maximum absolute atomic E-state index is 12.8. The third-order valence-corrected chi connectivity index (χ3v) is 22.7. The van der Waals surface area contributed by atoms with Crippen LogP contribution in [-0.4, -0.2) is 69.0 Å². The van der Waals surface area contributed by atoms with E-state index in [0.29, 0.717) is 41.7 Å². The SMILES string of the molecule is CSC1CC2CC1C1C3CC(C4CC(SCCC(=O)OCC(C)(C)COC(=O)CCSC5CC6CC5C5C7CC(C8CC(SC(C)=O)CC87)C65)CC43)C21. The first-order valence-electron chi connectivity index (χ1n) is 21.8. The Morgan fingerprint density at radius 3 is 1.55 bits per heavy atom. The van der Waals surface area contributed by atoms with Crippen molar-refractivity contribution in [3.05, 3.63) is 0 Å². The Bertz CT molecular complexity index is 1450. The van der Waals surface area contributed by atoms with Crippen molar-refractivity contribution in [2.75, 3.05) is 31.0 Å². The van der Waals surface area contributed by atoms with Gasteiger partial charge in [0.15, 0.2) is 5.12 Å². The second-order valence-corrected chi connectivity index (χ2v) is 26.0. The first kappa shape index (κ1) is 37.3. The lowest BCUT2D eigenvalue weighted by Gasteiger charge is -2.43. The molecule has 0 saturated heterocycles. The molecular weight excluding hydrogens is 737 g/mol. The number of carbonyl (C=O) groups is 3. The quantitative estimate of drug-likeness (QED) is 0.126. The topological polar surface area (TPSA) is 69.7 Å². The summed E-state index contributed by atoms with van der Waals surface area (Å²) in [6, 6.07) is 0. The highest BCUT2D eigenvalue weighted by atomic mass is 32.2. The Morgan fingerprint density at radius 2 is 1.02 bits per heavy atom. The number of fused-ring (bicyclic) bond motifs is 24. The Kier molecular flexibility index (Phi) is 10.1. The highest BCUT2D eigenvalue weighted by Crippen LogP contribution is 2.75. The van der Waals surface area contributed by atoms with E-state index in [2.05, 4.69) is 18.0 Å². The molecule has 10 aliphatic carbocycles. The van der Waals surface area contributed by atoms with Gasteiger partial charge in [-0.2, -0.15) is 35.3 Å². The molecule has 0 spiro atoms. The van der Waals surface area contributed by atoms with Crippen LogP contribution in [0.2, 0.25) is 0 Å². The Balaban J connectivity index is 0.607. The van der Waals surface area contributed by atoms with Crippen LogP contribution in [0.25, 0.3) is 0 Å². The van der Waals surface area contributed by atoms with E-state index >= 15 is 0 Å². The summed E-state index contributed by atoms with van der Waals surface area (Å²) >= 11 is 7.87. The molecule has 20 unspecified atom stereocenters. The zero-order valence-electron chi connectivity index (χ0n) is 32.5. The molecule has 53 heavy (non-hydrogen) atoms. The van der Waals surface area contributed by atoms with Gasteiger partial charge < -0.3 is 9.47 Å².